The molecule has 21 heavy (non-hydrogen) atoms. The Balaban J connectivity index is 2.10. The molecule has 0 fully saturated rings. The van der Waals surface area contributed by atoms with Crippen LogP contribution in [-0.4, -0.2) is 15.2 Å². The van der Waals surface area contributed by atoms with Gasteiger partial charge < -0.3 is 10.2 Å². The lowest BCUT2D eigenvalue weighted by Crippen LogP contribution is -2.27. The second-order valence-electron chi connectivity index (χ2n) is 6.12. The zero-order valence-electron chi connectivity index (χ0n) is 12.0. The van der Waals surface area contributed by atoms with Gasteiger partial charge in [-0.25, -0.2) is 4.98 Å². The van der Waals surface area contributed by atoms with Crippen molar-refractivity contribution in [3.8, 4) is 22.6 Å². The van der Waals surface area contributed by atoms with Gasteiger partial charge in [-0.1, -0.05) is 13.8 Å². The van der Waals surface area contributed by atoms with Gasteiger partial charge in [0.1, 0.15) is 11.6 Å². The minimum absolute atomic E-state index is 0.0717. The Morgan fingerprint density at radius 3 is 2.95 bits per heavy atom. The molecular weight excluding hydrogens is 264 g/mol. The van der Waals surface area contributed by atoms with Crippen LogP contribution in [0.15, 0.2) is 35.1 Å². The van der Waals surface area contributed by atoms with Crippen molar-refractivity contribution in [3.05, 3.63) is 41.9 Å². The van der Waals surface area contributed by atoms with Gasteiger partial charge in [-0.2, -0.15) is 5.10 Å². The molecular formula is C16H16N4O. The first kappa shape index (κ1) is 12.2. The fourth-order valence-electron chi connectivity index (χ4n) is 3.25. The van der Waals surface area contributed by atoms with Crippen LogP contribution in [-0.2, 0) is 11.8 Å². The Hall–Kier alpha value is -2.56. The Bertz CT molecular complexity index is 798. The molecule has 3 N–H and O–H groups in total. The third-order valence-corrected chi connectivity index (χ3v) is 4.09. The predicted molar refractivity (Wildman–Crippen MR) is 80.7 cm³/mol. The number of furan rings is 1. The highest BCUT2D eigenvalue weighted by Crippen LogP contribution is 2.46. The minimum Gasteiger partial charge on any atom is -0.464 e. The number of rotatable bonds is 1. The Labute approximate surface area is 122 Å². The minimum atomic E-state index is -0.0717. The van der Waals surface area contributed by atoms with Crippen LogP contribution in [0.1, 0.15) is 25.1 Å². The summed E-state index contributed by atoms with van der Waals surface area (Å²) in [6.07, 6.45) is 4.38. The SMILES string of the molecule is CC1(C)Cc2[nH]ncc2-c2nc(N)cc(-c3ccco3)c21. The van der Waals surface area contributed by atoms with Crippen LogP contribution in [0.5, 0.6) is 0 Å². The van der Waals surface area contributed by atoms with E-state index < -0.39 is 0 Å². The molecule has 106 valence electrons. The van der Waals surface area contributed by atoms with Crippen molar-refractivity contribution in [2.75, 3.05) is 5.73 Å². The molecule has 0 spiro atoms. The fourth-order valence-corrected chi connectivity index (χ4v) is 3.25. The van der Waals surface area contributed by atoms with Gasteiger partial charge in [0.2, 0.25) is 0 Å². The number of aromatic amines is 1. The highest BCUT2D eigenvalue weighted by atomic mass is 16.3. The first-order valence-corrected chi connectivity index (χ1v) is 6.94. The van der Waals surface area contributed by atoms with Gasteiger partial charge in [-0.3, -0.25) is 5.10 Å². The molecule has 0 atom stereocenters. The van der Waals surface area contributed by atoms with Crippen molar-refractivity contribution in [1.82, 2.24) is 15.2 Å². The van der Waals surface area contributed by atoms with Crippen LogP contribution in [0.3, 0.4) is 0 Å². The maximum absolute atomic E-state index is 6.02. The first-order chi connectivity index (χ1) is 10.1. The van der Waals surface area contributed by atoms with Crippen molar-refractivity contribution in [1.29, 1.82) is 0 Å². The molecule has 4 rings (SSSR count). The summed E-state index contributed by atoms with van der Waals surface area (Å²) in [6.45, 7) is 4.42. The van der Waals surface area contributed by atoms with E-state index in [1.807, 2.05) is 24.4 Å². The summed E-state index contributed by atoms with van der Waals surface area (Å²) < 4.78 is 5.60. The van der Waals surface area contributed by atoms with Crippen molar-refractivity contribution >= 4 is 5.82 Å². The van der Waals surface area contributed by atoms with Crippen LogP contribution in [0, 0.1) is 0 Å². The molecule has 0 unspecified atom stereocenters. The van der Waals surface area contributed by atoms with Gasteiger partial charge >= 0.3 is 0 Å². The number of nitrogens with zero attached hydrogens (tertiary/aromatic N) is 2. The summed E-state index contributed by atoms with van der Waals surface area (Å²) >= 11 is 0. The standard InChI is InChI=1S/C16H16N4O/c1-16(2)7-11-10(8-18-20-11)15-14(16)9(6-13(17)19-15)12-4-3-5-21-12/h3-6,8H,7H2,1-2H3,(H2,17,19)(H,18,20). The van der Waals surface area contributed by atoms with Crippen LogP contribution >= 0.6 is 0 Å². The Kier molecular flexibility index (Phi) is 2.31. The summed E-state index contributed by atoms with van der Waals surface area (Å²) in [5.74, 6) is 1.31. The van der Waals surface area contributed by atoms with Gasteiger partial charge in [-0.15, -0.1) is 0 Å². The summed E-state index contributed by atoms with van der Waals surface area (Å²) in [6, 6.07) is 5.73. The molecule has 0 bridgehead atoms. The average molecular weight is 280 g/mol. The van der Waals surface area contributed by atoms with Crippen LogP contribution < -0.4 is 5.73 Å². The van der Waals surface area contributed by atoms with Crippen molar-refractivity contribution < 1.29 is 4.42 Å². The second kappa shape index (κ2) is 3.97. The summed E-state index contributed by atoms with van der Waals surface area (Å²) in [5.41, 5.74) is 11.2. The monoisotopic (exact) mass is 280 g/mol. The highest BCUT2D eigenvalue weighted by molar-refractivity contribution is 5.80. The summed E-state index contributed by atoms with van der Waals surface area (Å²) in [5, 5.41) is 7.23. The smallest absolute Gasteiger partial charge is 0.134 e. The number of pyridine rings is 1. The third-order valence-electron chi connectivity index (χ3n) is 4.09. The maximum Gasteiger partial charge on any atom is 0.134 e. The molecule has 5 heteroatoms. The van der Waals surface area contributed by atoms with E-state index in [9.17, 15) is 0 Å². The predicted octanol–water partition coefficient (Wildman–Crippen LogP) is 3.15. The third kappa shape index (κ3) is 1.70. The summed E-state index contributed by atoms with van der Waals surface area (Å²) in [7, 11) is 0. The van der Waals surface area contributed by atoms with E-state index in [4.69, 9.17) is 10.2 Å². The molecule has 0 amide bonds. The molecule has 0 saturated heterocycles. The number of hydrogen-bond acceptors (Lipinski definition) is 4. The summed E-state index contributed by atoms with van der Waals surface area (Å²) in [4.78, 5) is 4.57. The molecule has 5 nitrogen and oxygen atoms in total. The molecule has 0 saturated carbocycles. The number of nitrogen functional groups attached to an aromatic ring is 1. The van der Waals surface area contributed by atoms with Gasteiger partial charge in [0.25, 0.3) is 0 Å². The lowest BCUT2D eigenvalue weighted by Gasteiger charge is -2.33. The van der Waals surface area contributed by atoms with E-state index in [0.29, 0.717) is 5.82 Å². The number of nitrogens with two attached hydrogens (primary N) is 1. The van der Waals surface area contributed by atoms with E-state index in [1.54, 1.807) is 6.26 Å². The largest absolute Gasteiger partial charge is 0.464 e. The van der Waals surface area contributed by atoms with Crippen molar-refractivity contribution in [3.63, 3.8) is 0 Å². The van der Waals surface area contributed by atoms with Gasteiger partial charge in [0.15, 0.2) is 0 Å². The first-order valence-electron chi connectivity index (χ1n) is 6.94. The zero-order chi connectivity index (χ0) is 14.6. The zero-order valence-corrected chi connectivity index (χ0v) is 12.0. The number of hydrogen-bond donors (Lipinski definition) is 2. The normalized spacial score (nSPS) is 15.5. The fraction of sp³-hybridized carbons (Fsp3) is 0.250. The topological polar surface area (TPSA) is 80.7 Å². The van der Waals surface area contributed by atoms with Crippen molar-refractivity contribution in [2.24, 2.45) is 0 Å². The van der Waals surface area contributed by atoms with Crippen LogP contribution in [0.2, 0.25) is 0 Å². The lowest BCUT2D eigenvalue weighted by atomic mass is 9.72. The number of H-pyrrole nitrogens is 1. The van der Waals surface area contributed by atoms with E-state index in [0.717, 1.165) is 34.7 Å². The van der Waals surface area contributed by atoms with Crippen molar-refractivity contribution in [2.45, 2.75) is 25.7 Å². The number of anilines is 1. The Morgan fingerprint density at radius 2 is 2.19 bits per heavy atom. The quantitative estimate of drug-likeness (QED) is 0.717. The molecule has 0 radical (unpaired) electrons. The number of fused-ring (bicyclic) bond motifs is 3. The number of nitrogens with one attached hydrogen (secondary N) is 1. The van der Waals surface area contributed by atoms with Crippen LogP contribution in [0.4, 0.5) is 5.82 Å². The lowest BCUT2D eigenvalue weighted by molar-refractivity contribution is 0.505. The van der Waals surface area contributed by atoms with Crippen LogP contribution in [0.25, 0.3) is 22.6 Å². The molecule has 1 aliphatic rings. The number of aromatic nitrogens is 3. The highest BCUT2D eigenvalue weighted by Gasteiger charge is 2.36. The molecule has 0 aliphatic heterocycles. The average Bonchev–Trinajstić information content (AvgIpc) is 3.07. The molecule has 1 aliphatic carbocycles. The second-order valence-corrected chi connectivity index (χ2v) is 6.12. The molecule has 0 aromatic carbocycles. The maximum atomic E-state index is 6.02. The van der Waals surface area contributed by atoms with E-state index in [1.165, 1.54) is 5.56 Å². The Morgan fingerprint density at radius 1 is 1.33 bits per heavy atom. The molecule has 3 aromatic heterocycles. The van der Waals surface area contributed by atoms with Gasteiger partial charge in [0.05, 0.1) is 18.2 Å². The van der Waals surface area contributed by atoms with E-state index >= 15 is 0 Å². The van der Waals surface area contributed by atoms with Gasteiger partial charge in [0, 0.05) is 16.8 Å². The van der Waals surface area contributed by atoms with E-state index in [-0.39, 0.29) is 5.41 Å². The van der Waals surface area contributed by atoms with Gasteiger partial charge in [-0.05, 0) is 35.6 Å². The molecule has 3 aromatic rings. The van der Waals surface area contributed by atoms with E-state index in [2.05, 4.69) is 29.0 Å². The molecule has 3 heterocycles.